The zero-order valence-corrected chi connectivity index (χ0v) is 14.5. The lowest BCUT2D eigenvalue weighted by Crippen LogP contribution is -2.18. The molecule has 0 saturated carbocycles. The molecule has 0 saturated heterocycles. The number of benzene rings is 2. The molecule has 0 aliphatic carbocycles. The molecule has 2 rings (SSSR count). The van der Waals surface area contributed by atoms with Crippen LogP contribution in [0.5, 0.6) is 5.75 Å². The molecule has 25 heavy (non-hydrogen) atoms. The highest BCUT2D eigenvalue weighted by Crippen LogP contribution is 2.20. The van der Waals surface area contributed by atoms with Gasteiger partial charge in [0.05, 0.1) is 30.2 Å². The van der Waals surface area contributed by atoms with E-state index in [-0.39, 0.29) is 11.3 Å². The average Bonchev–Trinajstić information content (AvgIpc) is 2.58. The summed E-state index contributed by atoms with van der Waals surface area (Å²) in [5, 5.41) is 0. The Morgan fingerprint density at radius 2 is 1.60 bits per heavy atom. The molecule has 0 unspecified atom stereocenters. The molecular weight excluding hydrogens is 346 g/mol. The quantitative estimate of drug-likeness (QED) is 0.597. The summed E-state index contributed by atoms with van der Waals surface area (Å²) < 4.78 is 35.1. The molecule has 0 amide bonds. The van der Waals surface area contributed by atoms with Crippen LogP contribution in [-0.2, 0) is 14.8 Å². The van der Waals surface area contributed by atoms with Gasteiger partial charge in [0.2, 0.25) is 15.8 Å². The third kappa shape index (κ3) is 5.05. The Balaban J connectivity index is 2.12. The van der Waals surface area contributed by atoms with Gasteiger partial charge >= 0.3 is 5.97 Å². The number of hydrogen-bond acceptors (Lipinski definition) is 6. The Bertz CT molecular complexity index is 892. The minimum Gasteiger partial charge on any atom is -0.496 e. The van der Waals surface area contributed by atoms with E-state index in [4.69, 9.17) is 9.47 Å². The van der Waals surface area contributed by atoms with Crippen LogP contribution in [0.3, 0.4) is 0 Å². The Morgan fingerprint density at radius 3 is 2.24 bits per heavy atom. The summed E-state index contributed by atoms with van der Waals surface area (Å²) in [5.74, 6) is -0.864. The topological polar surface area (TPSA) is 98.8 Å². The van der Waals surface area contributed by atoms with E-state index in [9.17, 15) is 18.0 Å². The molecule has 0 atom stereocenters. The van der Waals surface area contributed by atoms with Gasteiger partial charge in [-0.15, -0.1) is 0 Å². The fourth-order valence-corrected chi connectivity index (χ4v) is 2.69. The van der Waals surface area contributed by atoms with Crippen molar-refractivity contribution < 1.29 is 27.5 Å². The molecule has 0 radical (unpaired) electrons. The van der Waals surface area contributed by atoms with Crippen molar-refractivity contribution in [3.8, 4) is 5.75 Å². The highest BCUT2D eigenvalue weighted by Gasteiger charge is 2.18. The molecule has 2 aromatic carbocycles. The van der Waals surface area contributed by atoms with E-state index in [1.165, 1.54) is 19.2 Å². The van der Waals surface area contributed by atoms with Crippen LogP contribution in [0.25, 0.3) is 0 Å². The number of hydrogen-bond donors (Lipinski definition) is 1. The number of carbonyl (C=O) groups excluding carboxylic acids is 2. The van der Waals surface area contributed by atoms with Crippen LogP contribution in [0.15, 0.2) is 48.5 Å². The van der Waals surface area contributed by atoms with E-state index in [1.807, 2.05) is 0 Å². The van der Waals surface area contributed by atoms with Crippen LogP contribution in [0.2, 0.25) is 0 Å². The summed E-state index contributed by atoms with van der Waals surface area (Å²) in [6, 6.07) is 12.5. The van der Waals surface area contributed by atoms with Crippen LogP contribution in [0, 0.1) is 0 Å². The standard InChI is InChI=1S/C17H17NO6S/c1-23-16-10-6-4-8-13(16)15(19)11-24-17(20)12-7-3-5-9-14(12)18-25(2,21)22/h3-10,18H,11H2,1-2H3. The maximum Gasteiger partial charge on any atom is 0.340 e. The summed E-state index contributed by atoms with van der Waals surface area (Å²) in [4.78, 5) is 24.4. The first-order valence-electron chi connectivity index (χ1n) is 7.22. The number of methoxy groups -OCH3 is 1. The van der Waals surface area contributed by atoms with Gasteiger partial charge in [0.1, 0.15) is 5.75 Å². The SMILES string of the molecule is COc1ccccc1C(=O)COC(=O)c1ccccc1NS(C)(=O)=O. The lowest BCUT2D eigenvalue weighted by molar-refractivity contribution is 0.0475. The Morgan fingerprint density at radius 1 is 1.00 bits per heavy atom. The summed E-state index contributed by atoms with van der Waals surface area (Å²) in [6.45, 7) is -0.494. The minimum atomic E-state index is -3.56. The van der Waals surface area contributed by atoms with Crippen molar-refractivity contribution in [3.05, 3.63) is 59.7 Å². The molecular formula is C17H17NO6S. The first kappa shape index (κ1) is 18.5. The number of ketones is 1. The predicted molar refractivity (Wildman–Crippen MR) is 92.5 cm³/mol. The maximum absolute atomic E-state index is 12.2. The van der Waals surface area contributed by atoms with Gasteiger partial charge in [0.15, 0.2) is 6.61 Å². The van der Waals surface area contributed by atoms with Crippen molar-refractivity contribution in [3.63, 3.8) is 0 Å². The third-order valence-corrected chi connectivity index (χ3v) is 3.77. The summed E-state index contributed by atoms with van der Waals surface area (Å²) in [6.07, 6.45) is 0.973. The lowest BCUT2D eigenvalue weighted by atomic mass is 10.1. The average molecular weight is 363 g/mol. The number of sulfonamides is 1. The lowest BCUT2D eigenvalue weighted by Gasteiger charge is -2.11. The second-order valence-electron chi connectivity index (χ2n) is 5.12. The van der Waals surface area contributed by atoms with E-state index in [0.29, 0.717) is 11.3 Å². The molecule has 0 fully saturated rings. The van der Waals surface area contributed by atoms with Crippen LogP contribution >= 0.6 is 0 Å². The molecule has 0 aliphatic heterocycles. The zero-order valence-electron chi connectivity index (χ0n) is 13.7. The Kier molecular flexibility index (Phi) is 5.76. The molecule has 8 heteroatoms. The van der Waals surface area contributed by atoms with Crippen molar-refractivity contribution in [2.75, 3.05) is 24.7 Å². The van der Waals surface area contributed by atoms with Gasteiger partial charge in [-0.3, -0.25) is 9.52 Å². The normalized spacial score (nSPS) is 10.8. The number of rotatable bonds is 7. The Labute approximate surface area is 145 Å². The number of nitrogens with one attached hydrogen (secondary N) is 1. The maximum atomic E-state index is 12.2. The monoisotopic (exact) mass is 363 g/mol. The fraction of sp³-hybridized carbons (Fsp3) is 0.176. The number of esters is 1. The van der Waals surface area contributed by atoms with E-state index in [0.717, 1.165) is 6.26 Å². The molecule has 132 valence electrons. The van der Waals surface area contributed by atoms with E-state index >= 15 is 0 Å². The first-order chi connectivity index (χ1) is 11.8. The highest BCUT2D eigenvalue weighted by atomic mass is 32.2. The molecule has 2 aromatic rings. The van der Waals surface area contributed by atoms with E-state index < -0.39 is 28.4 Å². The van der Waals surface area contributed by atoms with E-state index in [2.05, 4.69) is 4.72 Å². The van der Waals surface area contributed by atoms with Gasteiger partial charge in [-0.2, -0.15) is 0 Å². The van der Waals surface area contributed by atoms with Gasteiger partial charge in [0.25, 0.3) is 0 Å². The second kappa shape index (κ2) is 7.80. The predicted octanol–water partition coefficient (Wildman–Crippen LogP) is 2.11. The molecule has 0 aromatic heterocycles. The summed E-state index contributed by atoms with van der Waals surface area (Å²) in [7, 11) is -2.12. The number of ether oxygens (including phenoxy) is 2. The first-order valence-corrected chi connectivity index (χ1v) is 9.11. The smallest absolute Gasteiger partial charge is 0.340 e. The highest BCUT2D eigenvalue weighted by molar-refractivity contribution is 7.92. The van der Waals surface area contributed by atoms with Gasteiger partial charge < -0.3 is 9.47 Å². The number of carbonyl (C=O) groups is 2. The molecule has 0 heterocycles. The van der Waals surface area contributed by atoms with E-state index in [1.54, 1.807) is 36.4 Å². The van der Waals surface area contributed by atoms with Crippen LogP contribution < -0.4 is 9.46 Å². The fourth-order valence-electron chi connectivity index (χ4n) is 2.11. The zero-order chi connectivity index (χ0) is 18.4. The largest absolute Gasteiger partial charge is 0.496 e. The molecule has 0 bridgehead atoms. The van der Waals surface area contributed by atoms with Crippen molar-refractivity contribution in [2.45, 2.75) is 0 Å². The second-order valence-corrected chi connectivity index (χ2v) is 6.87. The molecule has 0 spiro atoms. The van der Waals surface area contributed by atoms with Gasteiger partial charge in [-0.05, 0) is 24.3 Å². The minimum absolute atomic E-state index is 0.0146. The molecule has 7 nitrogen and oxygen atoms in total. The van der Waals surface area contributed by atoms with Gasteiger partial charge in [0, 0.05) is 0 Å². The number of para-hydroxylation sites is 2. The summed E-state index contributed by atoms with van der Waals surface area (Å²) in [5.41, 5.74) is 0.390. The van der Waals surface area contributed by atoms with Crippen molar-refractivity contribution in [1.29, 1.82) is 0 Å². The van der Waals surface area contributed by atoms with Gasteiger partial charge in [-0.1, -0.05) is 24.3 Å². The van der Waals surface area contributed by atoms with Gasteiger partial charge in [-0.25, -0.2) is 13.2 Å². The van der Waals surface area contributed by atoms with Crippen LogP contribution in [-0.4, -0.2) is 40.1 Å². The number of Topliss-reactive ketones (excluding diaryl/α,β-unsaturated/α-hetero) is 1. The van der Waals surface area contributed by atoms with Crippen molar-refractivity contribution >= 4 is 27.5 Å². The van der Waals surface area contributed by atoms with Crippen molar-refractivity contribution in [2.24, 2.45) is 0 Å². The molecule has 0 aliphatic rings. The summed E-state index contributed by atoms with van der Waals surface area (Å²) >= 11 is 0. The number of anilines is 1. The third-order valence-electron chi connectivity index (χ3n) is 3.18. The Hall–Kier alpha value is -2.87. The van der Waals surface area contributed by atoms with Crippen LogP contribution in [0.1, 0.15) is 20.7 Å². The molecule has 1 N–H and O–H groups in total. The van der Waals surface area contributed by atoms with Crippen LogP contribution in [0.4, 0.5) is 5.69 Å². The van der Waals surface area contributed by atoms with Crippen molar-refractivity contribution in [1.82, 2.24) is 0 Å².